The Morgan fingerprint density at radius 2 is 2.17 bits per heavy atom. The summed E-state index contributed by atoms with van der Waals surface area (Å²) < 4.78 is 18.3. The van der Waals surface area contributed by atoms with Gasteiger partial charge in [-0.3, -0.25) is 4.79 Å². The van der Waals surface area contributed by atoms with Crippen molar-refractivity contribution in [2.75, 3.05) is 7.05 Å². The molecular formula is C13H13FN2O2. The molecule has 0 aliphatic rings. The second kappa shape index (κ2) is 5.00. The van der Waals surface area contributed by atoms with E-state index in [4.69, 9.17) is 4.52 Å². The van der Waals surface area contributed by atoms with Gasteiger partial charge < -0.3 is 9.42 Å². The van der Waals surface area contributed by atoms with Crippen LogP contribution in [0.1, 0.15) is 21.8 Å². The first-order valence-electron chi connectivity index (χ1n) is 5.50. The third kappa shape index (κ3) is 2.56. The lowest BCUT2D eigenvalue weighted by Gasteiger charge is -2.15. The highest BCUT2D eigenvalue weighted by Gasteiger charge is 2.17. The van der Waals surface area contributed by atoms with Gasteiger partial charge in [-0.25, -0.2) is 4.39 Å². The molecule has 0 aliphatic carbocycles. The number of rotatable bonds is 3. The number of hydrogen-bond donors (Lipinski definition) is 0. The van der Waals surface area contributed by atoms with Crippen molar-refractivity contribution in [3.8, 4) is 0 Å². The molecule has 0 bridgehead atoms. The Balaban J connectivity index is 2.11. The zero-order valence-electron chi connectivity index (χ0n) is 10.2. The zero-order chi connectivity index (χ0) is 13.1. The van der Waals surface area contributed by atoms with Gasteiger partial charge in [0, 0.05) is 25.2 Å². The van der Waals surface area contributed by atoms with Crippen LogP contribution in [0.15, 0.2) is 34.9 Å². The molecule has 0 N–H and O–H groups in total. The molecular weight excluding hydrogens is 235 g/mol. The molecule has 1 aromatic heterocycles. The van der Waals surface area contributed by atoms with Crippen molar-refractivity contribution in [1.29, 1.82) is 0 Å². The normalized spacial score (nSPS) is 10.4. The van der Waals surface area contributed by atoms with Crippen LogP contribution in [-0.4, -0.2) is 23.0 Å². The summed E-state index contributed by atoms with van der Waals surface area (Å²) in [7, 11) is 1.59. The van der Waals surface area contributed by atoms with Crippen LogP contribution in [0.25, 0.3) is 0 Å². The molecule has 2 aromatic rings. The summed E-state index contributed by atoms with van der Waals surface area (Å²) in [5, 5.41) is 3.65. The molecule has 2 rings (SSSR count). The molecule has 1 amide bonds. The Morgan fingerprint density at radius 3 is 2.78 bits per heavy atom. The van der Waals surface area contributed by atoms with Crippen LogP contribution in [0.5, 0.6) is 0 Å². The SMILES string of the molecule is Cc1cc(C(=O)N(C)Cc2ccccc2F)on1. The Morgan fingerprint density at radius 1 is 1.44 bits per heavy atom. The summed E-state index contributed by atoms with van der Waals surface area (Å²) in [6.07, 6.45) is 0. The minimum Gasteiger partial charge on any atom is -0.351 e. The maximum Gasteiger partial charge on any atom is 0.292 e. The van der Waals surface area contributed by atoms with Crippen LogP contribution in [0.3, 0.4) is 0 Å². The van der Waals surface area contributed by atoms with Gasteiger partial charge in [0.2, 0.25) is 5.76 Å². The number of nitrogens with zero attached hydrogens (tertiary/aromatic N) is 2. The maximum atomic E-state index is 13.4. The molecule has 4 nitrogen and oxygen atoms in total. The number of amides is 1. The van der Waals surface area contributed by atoms with Crippen LogP contribution in [0, 0.1) is 12.7 Å². The fourth-order valence-corrected chi connectivity index (χ4v) is 1.61. The smallest absolute Gasteiger partial charge is 0.292 e. The summed E-state index contributed by atoms with van der Waals surface area (Å²) in [4.78, 5) is 13.3. The summed E-state index contributed by atoms with van der Waals surface area (Å²) in [5.74, 6) is -0.490. The van der Waals surface area contributed by atoms with Gasteiger partial charge >= 0.3 is 0 Å². The molecule has 0 saturated carbocycles. The standard InChI is InChI=1S/C13H13FN2O2/c1-9-7-12(18-15-9)13(17)16(2)8-10-5-3-4-6-11(10)14/h3-7H,8H2,1-2H3. The second-order valence-electron chi connectivity index (χ2n) is 4.09. The van der Waals surface area contributed by atoms with Gasteiger partial charge in [0.25, 0.3) is 5.91 Å². The monoisotopic (exact) mass is 248 g/mol. The van der Waals surface area contributed by atoms with Crippen molar-refractivity contribution >= 4 is 5.91 Å². The van der Waals surface area contributed by atoms with E-state index in [1.165, 1.54) is 11.0 Å². The fourth-order valence-electron chi connectivity index (χ4n) is 1.61. The van der Waals surface area contributed by atoms with Crippen molar-refractivity contribution < 1.29 is 13.7 Å². The van der Waals surface area contributed by atoms with Crippen LogP contribution in [0.4, 0.5) is 4.39 Å². The molecule has 0 fully saturated rings. The van der Waals surface area contributed by atoms with E-state index in [1.54, 1.807) is 38.2 Å². The molecule has 5 heteroatoms. The third-order valence-electron chi connectivity index (χ3n) is 2.55. The van der Waals surface area contributed by atoms with E-state index in [2.05, 4.69) is 5.16 Å². The van der Waals surface area contributed by atoms with E-state index in [-0.39, 0.29) is 24.0 Å². The molecule has 0 unspecified atom stereocenters. The Labute approximate surface area is 104 Å². The van der Waals surface area contributed by atoms with Crippen molar-refractivity contribution in [2.45, 2.75) is 13.5 Å². The number of halogens is 1. The highest BCUT2D eigenvalue weighted by Crippen LogP contribution is 2.12. The Hall–Kier alpha value is -2.17. The van der Waals surface area contributed by atoms with E-state index in [1.807, 2.05) is 0 Å². The highest BCUT2D eigenvalue weighted by atomic mass is 19.1. The molecule has 1 aromatic carbocycles. The number of aryl methyl sites for hydroxylation is 1. The van der Waals surface area contributed by atoms with E-state index in [9.17, 15) is 9.18 Å². The Kier molecular flexibility index (Phi) is 3.41. The zero-order valence-corrected chi connectivity index (χ0v) is 10.2. The number of aromatic nitrogens is 1. The lowest BCUT2D eigenvalue weighted by molar-refractivity contribution is 0.0742. The topological polar surface area (TPSA) is 46.3 Å². The molecule has 18 heavy (non-hydrogen) atoms. The van der Waals surface area contributed by atoms with Gasteiger partial charge in [-0.15, -0.1) is 0 Å². The van der Waals surface area contributed by atoms with Gasteiger partial charge in [0.15, 0.2) is 0 Å². The fraction of sp³-hybridized carbons (Fsp3) is 0.231. The lowest BCUT2D eigenvalue weighted by Crippen LogP contribution is -2.26. The van der Waals surface area contributed by atoms with Gasteiger partial charge in [-0.2, -0.15) is 0 Å². The summed E-state index contributed by atoms with van der Waals surface area (Å²) in [6, 6.07) is 7.91. The van der Waals surface area contributed by atoms with Crippen molar-refractivity contribution in [1.82, 2.24) is 10.1 Å². The predicted molar refractivity (Wildman–Crippen MR) is 63.4 cm³/mol. The molecule has 94 valence electrons. The maximum absolute atomic E-state index is 13.4. The molecule has 0 atom stereocenters. The van der Waals surface area contributed by atoms with Crippen LogP contribution >= 0.6 is 0 Å². The summed E-state index contributed by atoms with van der Waals surface area (Å²) in [5.41, 5.74) is 1.10. The molecule has 1 heterocycles. The quantitative estimate of drug-likeness (QED) is 0.837. The van der Waals surface area contributed by atoms with E-state index in [0.29, 0.717) is 11.3 Å². The average Bonchev–Trinajstić information content (AvgIpc) is 2.78. The first kappa shape index (κ1) is 12.3. The summed E-state index contributed by atoms with van der Waals surface area (Å²) >= 11 is 0. The first-order valence-corrected chi connectivity index (χ1v) is 5.50. The van der Waals surface area contributed by atoms with Crippen molar-refractivity contribution in [2.24, 2.45) is 0 Å². The summed E-state index contributed by atoms with van der Waals surface area (Å²) in [6.45, 7) is 1.92. The number of hydrogen-bond acceptors (Lipinski definition) is 3. The molecule has 0 saturated heterocycles. The van der Waals surface area contributed by atoms with Crippen LogP contribution in [-0.2, 0) is 6.54 Å². The highest BCUT2D eigenvalue weighted by molar-refractivity contribution is 5.91. The largest absolute Gasteiger partial charge is 0.351 e. The first-order chi connectivity index (χ1) is 8.58. The number of carbonyl (C=O) groups excluding carboxylic acids is 1. The van der Waals surface area contributed by atoms with Crippen molar-refractivity contribution in [3.05, 3.63) is 53.2 Å². The molecule has 0 spiro atoms. The number of carbonyl (C=O) groups is 1. The third-order valence-corrected chi connectivity index (χ3v) is 2.55. The van der Waals surface area contributed by atoms with Crippen molar-refractivity contribution in [3.63, 3.8) is 0 Å². The molecule has 0 aliphatic heterocycles. The minimum absolute atomic E-state index is 0.159. The average molecular weight is 248 g/mol. The number of benzene rings is 1. The van der Waals surface area contributed by atoms with E-state index < -0.39 is 0 Å². The van der Waals surface area contributed by atoms with Gasteiger partial charge in [-0.05, 0) is 13.0 Å². The molecule has 0 radical (unpaired) electrons. The van der Waals surface area contributed by atoms with Gasteiger partial charge in [-0.1, -0.05) is 23.4 Å². The lowest BCUT2D eigenvalue weighted by atomic mass is 10.2. The van der Waals surface area contributed by atoms with E-state index in [0.717, 1.165) is 0 Å². The van der Waals surface area contributed by atoms with Crippen LogP contribution in [0.2, 0.25) is 0 Å². The Bertz CT molecular complexity index is 566. The van der Waals surface area contributed by atoms with Crippen LogP contribution < -0.4 is 0 Å². The van der Waals surface area contributed by atoms with Gasteiger partial charge in [0.1, 0.15) is 5.82 Å². The van der Waals surface area contributed by atoms with E-state index >= 15 is 0 Å². The minimum atomic E-state index is -0.328. The second-order valence-corrected chi connectivity index (χ2v) is 4.09. The van der Waals surface area contributed by atoms with Gasteiger partial charge in [0.05, 0.1) is 5.69 Å². The predicted octanol–water partition coefficient (Wildman–Crippen LogP) is 2.39.